The van der Waals surface area contributed by atoms with E-state index in [1.807, 2.05) is 25.1 Å². The number of carbonyl (C=O) groups is 2. The van der Waals surface area contributed by atoms with Crippen molar-refractivity contribution in [1.82, 2.24) is 24.6 Å². The van der Waals surface area contributed by atoms with Crippen molar-refractivity contribution in [3.63, 3.8) is 0 Å². The van der Waals surface area contributed by atoms with Gasteiger partial charge in [-0.1, -0.05) is 32.0 Å². The van der Waals surface area contributed by atoms with Gasteiger partial charge >= 0.3 is 5.97 Å². The number of carbonyl (C=O) groups excluding carboxylic acids is 2. The van der Waals surface area contributed by atoms with Gasteiger partial charge in [0, 0.05) is 42.7 Å². The molecular formula is C31H40N6O3. The van der Waals surface area contributed by atoms with Crippen molar-refractivity contribution in [2.24, 2.45) is 0 Å². The van der Waals surface area contributed by atoms with E-state index in [0.29, 0.717) is 31.6 Å². The van der Waals surface area contributed by atoms with Crippen molar-refractivity contribution in [3.8, 4) is 0 Å². The fraction of sp³-hybridized carbons (Fsp3) is 0.419. The topological polar surface area (TPSA) is 103 Å². The van der Waals surface area contributed by atoms with Gasteiger partial charge in [-0.25, -0.2) is 0 Å². The molecule has 40 heavy (non-hydrogen) atoms. The van der Waals surface area contributed by atoms with Gasteiger partial charge in [0.15, 0.2) is 0 Å². The summed E-state index contributed by atoms with van der Waals surface area (Å²) in [6, 6.07) is 12.3. The highest BCUT2D eigenvalue weighted by atomic mass is 16.5. The summed E-state index contributed by atoms with van der Waals surface area (Å²) in [5, 5.41) is 15.9. The predicted octanol–water partition coefficient (Wildman–Crippen LogP) is 5.42. The van der Waals surface area contributed by atoms with Crippen LogP contribution < -0.4 is 10.6 Å². The number of amides is 1. The summed E-state index contributed by atoms with van der Waals surface area (Å²) in [6.07, 6.45) is 7.35. The highest BCUT2D eigenvalue weighted by Gasteiger charge is 2.18. The SMILES string of the molecule is CCOC(=O)CCCc1ccc(Cn2cnnc2CC)cc1NC(CC)n1cc(C)c2ccc(C(=O)NC)cc21. The number of ether oxygens (including phenoxy) is 1. The molecule has 2 aromatic carbocycles. The van der Waals surface area contributed by atoms with Crippen LogP contribution in [0.1, 0.15) is 79.1 Å². The number of esters is 1. The number of fused-ring (bicyclic) bond motifs is 1. The molecule has 9 heteroatoms. The van der Waals surface area contributed by atoms with E-state index in [0.717, 1.165) is 58.4 Å². The minimum Gasteiger partial charge on any atom is -0.466 e. The van der Waals surface area contributed by atoms with Crippen LogP contribution in [0.2, 0.25) is 0 Å². The molecule has 1 amide bonds. The number of aryl methyl sites for hydroxylation is 3. The second kappa shape index (κ2) is 13.3. The summed E-state index contributed by atoms with van der Waals surface area (Å²) in [6.45, 7) is 9.21. The molecule has 0 aliphatic carbocycles. The van der Waals surface area contributed by atoms with E-state index < -0.39 is 0 Å². The van der Waals surface area contributed by atoms with Crippen LogP contribution in [-0.4, -0.2) is 44.9 Å². The maximum atomic E-state index is 12.4. The Morgan fingerprint density at radius 3 is 2.65 bits per heavy atom. The molecule has 1 atom stereocenters. The predicted molar refractivity (Wildman–Crippen MR) is 158 cm³/mol. The van der Waals surface area contributed by atoms with Crippen molar-refractivity contribution in [2.75, 3.05) is 19.0 Å². The Morgan fingerprint density at radius 1 is 1.10 bits per heavy atom. The number of hydrogen-bond acceptors (Lipinski definition) is 6. The third kappa shape index (κ3) is 6.52. The van der Waals surface area contributed by atoms with Gasteiger partial charge in [-0.2, -0.15) is 0 Å². The van der Waals surface area contributed by atoms with E-state index >= 15 is 0 Å². The first-order chi connectivity index (χ1) is 19.4. The van der Waals surface area contributed by atoms with E-state index in [1.54, 1.807) is 13.4 Å². The van der Waals surface area contributed by atoms with Crippen LogP contribution in [0.4, 0.5) is 5.69 Å². The van der Waals surface area contributed by atoms with Gasteiger partial charge in [-0.15, -0.1) is 10.2 Å². The molecule has 0 spiro atoms. The van der Waals surface area contributed by atoms with E-state index in [9.17, 15) is 9.59 Å². The number of aromatic nitrogens is 4. The first-order valence-corrected chi connectivity index (χ1v) is 14.1. The number of nitrogens with one attached hydrogen (secondary N) is 2. The normalized spacial score (nSPS) is 11.9. The Hall–Kier alpha value is -4.14. The molecule has 4 aromatic rings. The number of benzene rings is 2. The molecule has 2 aromatic heterocycles. The summed E-state index contributed by atoms with van der Waals surface area (Å²) in [7, 11) is 1.65. The third-order valence-corrected chi connectivity index (χ3v) is 7.24. The minimum atomic E-state index is -0.166. The van der Waals surface area contributed by atoms with Crippen LogP contribution in [-0.2, 0) is 28.9 Å². The lowest BCUT2D eigenvalue weighted by atomic mass is 10.0. The van der Waals surface area contributed by atoms with Gasteiger partial charge in [0.05, 0.1) is 18.7 Å². The summed E-state index contributed by atoms with van der Waals surface area (Å²) in [4.78, 5) is 24.3. The zero-order chi connectivity index (χ0) is 28.6. The average Bonchev–Trinajstić information content (AvgIpc) is 3.55. The molecule has 0 fully saturated rings. The fourth-order valence-electron chi connectivity index (χ4n) is 5.13. The maximum absolute atomic E-state index is 12.4. The molecule has 4 rings (SSSR count). The highest BCUT2D eigenvalue weighted by Crippen LogP contribution is 2.30. The van der Waals surface area contributed by atoms with Crippen molar-refractivity contribution in [2.45, 2.75) is 72.5 Å². The maximum Gasteiger partial charge on any atom is 0.305 e. The van der Waals surface area contributed by atoms with Gasteiger partial charge in [0.25, 0.3) is 5.91 Å². The number of nitrogens with zero attached hydrogens (tertiary/aromatic N) is 4. The van der Waals surface area contributed by atoms with Crippen LogP contribution in [0.15, 0.2) is 48.9 Å². The van der Waals surface area contributed by atoms with E-state index in [1.165, 1.54) is 0 Å². The molecule has 0 saturated heterocycles. The quantitative estimate of drug-likeness (QED) is 0.218. The largest absolute Gasteiger partial charge is 0.466 e. The molecule has 2 heterocycles. The number of hydrogen-bond donors (Lipinski definition) is 2. The highest BCUT2D eigenvalue weighted by molar-refractivity contribution is 5.98. The van der Waals surface area contributed by atoms with Gasteiger partial charge in [0.2, 0.25) is 0 Å². The van der Waals surface area contributed by atoms with Gasteiger partial charge in [0.1, 0.15) is 18.3 Å². The second-order valence-corrected chi connectivity index (χ2v) is 9.98. The molecule has 0 radical (unpaired) electrons. The zero-order valence-corrected chi connectivity index (χ0v) is 24.2. The van der Waals surface area contributed by atoms with Crippen LogP contribution in [0, 0.1) is 6.92 Å². The summed E-state index contributed by atoms with van der Waals surface area (Å²) in [5.41, 5.74) is 6.10. The van der Waals surface area contributed by atoms with E-state index in [2.05, 4.69) is 75.1 Å². The lowest BCUT2D eigenvalue weighted by Crippen LogP contribution is -2.19. The number of anilines is 1. The van der Waals surface area contributed by atoms with Gasteiger partial charge < -0.3 is 24.5 Å². The summed E-state index contributed by atoms with van der Waals surface area (Å²) < 4.78 is 9.42. The van der Waals surface area contributed by atoms with Crippen LogP contribution in [0.25, 0.3) is 10.9 Å². The zero-order valence-electron chi connectivity index (χ0n) is 24.2. The molecule has 0 bridgehead atoms. The Morgan fingerprint density at radius 2 is 1.93 bits per heavy atom. The lowest BCUT2D eigenvalue weighted by Gasteiger charge is -2.24. The Bertz CT molecular complexity index is 1470. The molecule has 1 unspecified atom stereocenters. The first-order valence-electron chi connectivity index (χ1n) is 14.1. The van der Waals surface area contributed by atoms with Crippen molar-refractivity contribution in [3.05, 3.63) is 77.0 Å². The molecule has 212 valence electrons. The Balaban J connectivity index is 1.67. The van der Waals surface area contributed by atoms with Crippen molar-refractivity contribution >= 4 is 28.5 Å². The first kappa shape index (κ1) is 28.9. The smallest absolute Gasteiger partial charge is 0.305 e. The number of rotatable bonds is 13. The van der Waals surface area contributed by atoms with E-state index in [-0.39, 0.29) is 18.0 Å². The molecule has 9 nitrogen and oxygen atoms in total. The van der Waals surface area contributed by atoms with Crippen LogP contribution in [0.5, 0.6) is 0 Å². The molecule has 0 aliphatic heterocycles. The van der Waals surface area contributed by atoms with Crippen molar-refractivity contribution < 1.29 is 14.3 Å². The average molecular weight is 545 g/mol. The molecule has 0 aliphatic rings. The lowest BCUT2D eigenvalue weighted by molar-refractivity contribution is -0.143. The monoisotopic (exact) mass is 544 g/mol. The standard InChI is InChI=1S/C31H40N6O3/c1-6-28(37-18-21(4)25-15-14-24(17-27(25)37)31(39)32-5)34-26-16-22(19-36-20-33-35-29(36)7-2)12-13-23(26)10-9-11-30(38)40-8-3/h12-18,20,28,34H,6-11,19H2,1-5H3,(H,32,39). The van der Waals surface area contributed by atoms with Crippen molar-refractivity contribution in [1.29, 1.82) is 0 Å². The van der Waals surface area contributed by atoms with E-state index in [4.69, 9.17) is 4.74 Å². The van der Waals surface area contributed by atoms with Gasteiger partial charge in [-0.3, -0.25) is 9.59 Å². The molecule has 2 N–H and O–H groups in total. The minimum absolute atomic E-state index is 0.0451. The molecule has 0 saturated carbocycles. The second-order valence-electron chi connectivity index (χ2n) is 9.98. The van der Waals surface area contributed by atoms with Crippen LogP contribution >= 0.6 is 0 Å². The third-order valence-electron chi connectivity index (χ3n) is 7.24. The fourth-order valence-corrected chi connectivity index (χ4v) is 5.13. The molecular weight excluding hydrogens is 504 g/mol. The Labute approximate surface area is 235 Å². The van der Waals surface area contributed by atoms with Crippen LogP contribution in [0.3, 0.4) is 0 Å². The Kier molecular flexibility index (Phi) is 9.58. The van der Waals surface area contributed by atoms with Gasteiger partial charge in [-0.05, 0) is 68.0 Å². The summed E-state index contributed by atoms with van der Waals surface area (Å²) in [5.74, 6) is 0.673. The summed E-state index contributed by atoms with van der Waals surface area (Å²) >= 11 is 0.